The number of aliphatic carboxylic acids is 2. The number of thioether (sulfide) groups is 1. The Hall–Kier alpha value is 0.0887. The van der Waals surface area contributed by atoms with Gasteiger partial charge in [-0.3, -0.25) is 9.59 Å². The van der Waals surface area contributed by atoms with Crippen LogP contribution in [0.15, 0.2) is 0 Å². The van der Waals surface area contributed by atoms with E-state index in [1.165, 1.54) is 77.2 Å². The quantitative estimate of drug-likeness (QED) is 0.381. The zero-order chi connectivity index (χ0) is 15.6. The molecule has 0 aliphatic carbocycles. The van der Waals surface area contributed by atoms with E-state index in [1.54, 1.807) is 0 Å². The smallest absolute Gasteiger partial charge is 0.304 e. The second kappa shape index (κ2) is 19.1. The minimum Gasteiger partial charge on any atom is -0.481 e. The van der Waals surface area contributed by atoms with Gasteiger partial charge in [-0.2, -0.15) is 11.8 Å². The standard InChI is InChI=1S/C8H17.C6H10O4S.Sn.H/c1-3-5-7-8-6-4-2;7-5(8)1-3-11-4-2-6(9)10;;/h1,3-8H2,2H3;1-4H2,(H,7,8)(H,9,10);;. The average molecular weight is 411 g/mol. The summed E-state index contributed by atoms with van der Waals surface area (Å²) in [4.78, 5) is 19.9. The molecule has 0 saturated carbocycles. The van der Waals surface area contributed by atoms with Gasteiger partial charge < -0.3 is 10.2 Å². The molecule has 2 radical (unpaired) electrons. The molecule has 0 unspecified atom stereocenters. The summed E-state index contributed by atoms with van der Waals surface area (Å²) in [6, 6.07) is 0. The minimum atomic E-state index is -0.840. The molecule has 0 spiro atoms. The van der Waals surface area contributed by atoms with Crippen LogP contribution in [0.5, 0.6) is 0 Å². The molecule has 2 N–H and O–H groups in total. The van der Waals surface area contributed by atoms with E-state index >= 15 is 0 Å². The van der Waals surface area contributed by atoms with Crippen molar-refractivity contribution in [2.45, 2.75) is 62.7 Å². The van der Waals surface area contributed by atoms with Crippen LogP contribution in [0.3, 0.4) is 0 Å². The predicted molar refractivity (Wildman–Crippen MR) is 87.2 cm³/mol. The van der Waals surface area contributed by atoms with Gasteiger partial charge in [0.15, 0.2) is 0 Å². The Morgan fingerprint density at radius 1 is 0.900 bits per heavy atom. The summed E-state index contributed by atoms with van der Waals surface area (Å²) in [6.45, 7) is 2.27. The van der Waals surface area contributed by atoms with E-state index in [1.807, 2.05) is 0 Å². The Balaban J connectivity index is 0. The molecule has 20 heavy (non-hydrogen) atoms. The molecule has 4 nitrogen and oxygen atoms in total. The number of rotatable bonds is 12. The van der Waals surface area contributed by atoms with Crippen molar-refractivity contribution in [1.29, 1.82) is 0 Å². The van der Waals surface area contributed by atoms with E-state index in [0.717, 1.165) is 0 Å². The van der Waals surface area contributed by atoms with Crippen LogP contribution in [0.25, 0.3) is 0 Å². The molecular weight excluding hydrogens is 383 g/mol. The fraction of sp³-hybridized carbons (Fsp3) is 0.857. The topological polar surface area (TPSA) is 74.6 Å². The SMILES string of the molecule is CCCCCCC[CH2][SnH].O=C(O)CCSCCC(=O)O. The molecule has 0 aliphatic heterocycles. The molecule has 118 valence electrons. The first-order valence-electron chi connectivity index (χ1n) is 7.26. The van der Waals surface area contributed by atoms with E-state index in [4.69, 9.17) is 10.2 Å². The average Bonchev–Trinajstić information content (AvgIpc) is 2.38. The Morgan fingerprint density at radius 2 is 1.35 bits per heavy atom. The van der Waals surface area contributed by atoms with E-state index < -0.39 is 11.9 Å². The maximum Gasteiger partial charge on any atom is 0.304 e. The first-order valence-corrected chi connectivity index (χ1v) is 10.7. The fourth-order valence-electron chi connectivity index (χ4n) is 1.35. The van der Waals surface area contributed by atoms with Gasteiger partial charge in [-0.25, -0.2) is 0 Å². The van der Waals surface area contributed by atoms with Crippen molar-refractivity contribution in [3.05, 3.63) is 0 Å². The minimum absolute atomic E-state index is 0.101. The number of carboxylic acid groups (broad SMARTS) is 2. The van der Waals surface area contributed by atoms with Crippen molar-refractivity contribution < 1.29 is 19.8 Å². The Bertz CT molecular complexity index is 215. The molecule has 0 amide bonds. The summed E-state index contributed by atoms with van der Waals surface area (Å²) >= 11 is 2.81. The predicted octanol–water partition coefficient (Wildman–Crippen LogP) is 3.34. The Labute approximate surface area is 140 Å². The van der Waals surface area contributed by atoms with Crippen LogP contribution >= 0.6 is 11.8 Å². The normalized spacial score (nSPS) is 9.70. The number of hydrogen-bond acceptors (Lipinski definition) is 3. The van der Waals surface area contributed by atoms with Crippen molar-refractivity contribution in [3.8, 4) is 0 Å². The number of unbranched alkanes of at least 4 members (excludes halogenated alkanes) is 5. The molecule has 6 heteroatoms. The monoisotopic (exact) mass is 412 g/mol. The second-order valence-corrected chi connectivity index (χ2v) is 7.33. The zero-order valence-corrected chi connectivity index (χ0v) is 16.6. The number of carboxylic acids is 2. The van der Waals surface area contributed by atoms with Gasteiger partial charge in [-0.1, -0.05) is 0 Å². The third-order valence-corrected chi connectivity index (χ3v) is 4.63. The van der Waals surface area contributed by atoms with E-state index in [0.29, 0.717) is 11.5 Å². The van der Waals surface area contributed by atoms with E-state index in [2.05, 4.69) is 6.92 Å². The van der Waals surface area contributed by atoms with Crippen molar-refractivity contribution in [3.63, 3.8) is 0 Å². The van der Waals surface area contributed by atoms with Crippen LogP contribution in [0.4, 0.5) is 0 Å². The molecule has 0 atom stereocenters. The van der Waals surface area contributed by atoms with Gasteiger partial charge in [0.2, 0.25) is 0 Å². The molecule has 0 heterocycles. The molecule has 0 fully saturated rings. The van der Waals surface area contributed by atoms with Gasteiger partial charge in [0.05, 0.1) is 12.8 Å². The largest absolute Gasteiger partial charge is 0.481 e. The summed E-state index contributed by atoms with van der Waals surface area (Å²) in [5.41, 5.74) is 0. The number of carbonyl (C=O) groups is 2. The van der Waals surface area contributed by atoms with Crippen molar-refractivity contribution in [2.24, 2.45) is 0 Å². The van der Waals surface area contributed by atoms with Gasteiger partial charge in [-0.15, -0.1) is 0 Å². The first kappa shape index (κ1) is 22.4. The third kappa shape index (κ3) is 26.6. The van der Waals surface area contributed by atoms with Gasteiger partial charge in [0.1, 0.15) is 0 Å². The van der Waals surface area contributed by atoms with E-state index in [-0.39, 0.29) is 12.8 Å². The zero-order valence-electron chi connectivity index (χ0n) is 12.5. The van der Waals surface area contributed by atoms with Crippen molar-refractivity contribution >= 4 is 46.2 Å². The fourth-order valence-corrected chi connectivity index (χ4v) is 3.01. The second-order valence-electron chi connectivity index (χ2n) is 4.46. The van der Waals surface area contributed by atoms with Gasteiger partial charge in [0.25, 0.3) is 0 Å². The Morgan fingerprint density at radius 3 is 1.75 bits per heavy atom. The van der Waals surface area contributed by atoms with Crippen LogP contribution in [0.2, 0.25) is 4.44 Å². The summed E-state index contributed by atoms with van der Waals surface area (Å²) in [7, 11) is 0. The van der Waals surface area contributed by atoms with Gasteiger partial charge >= 0.3 is 84.3 Å². The van der Waals surface area contributed by atoms with Crippen LogP contribution in [-0.4, -0.2) is 56.2 Å². The summed E-state index contributed by atoms with van der Waals surface area (Å²) in [5.74, 6) is -0.703. The molecule has 0 rings (SSSR count). The molecule has 0 aliphatic rings. The molecule has 0 aromatic heterocycles. The number of hydrogen-bond donors (Lipinski definition) is 2. The first-order chi connectivity index (χ1) is 9.54. The maximum absolute atomic E-state index is 9.97. The Kier molecular flexibility index (Phi) is 21.4. The molecule has 0 aromatic rings. The van der Waals surface area contributed by atoms with Crippen LogP contribution in [0.1, 0.15) is 58.3 Å². The summed E-state index contributed by atoms with van der Waals surface area (Å²) in [5, 5.41) is 16.4. The van der Waals surface area contributed by atoms with Gasteiger partial charge in [0, 0.05) is 11.5 Å². The molecular formula is C14H28O4SSn. The van der Waals surface area contributed by atoms with Crippen LogP contribution in [-0.2, 0) is 9.59 Å². The van der Waals surface area contributed by atoms with E-state index in [9.17, 15) is 9.59 Å². The van der Waals surface area contributed by atoms with Crippen molar-refractivity contribution in [1.82, 2.24) is 0 Å². The van der Waals surface area contributed by atoms with Crippen LogP contribution < -0.4 is 0 Å². The third-order valence-electron chi connectivity index (χ3n) is 2.48. The summed E-state index contributed by atoms with van der Waals surface area (Å²) < 4.78 is 1.50. The molecule has 0 aromatic carbocycles. The molecule has 0 bridgehead atoms. The maximum atomic E-state index is 9.97. The molecule has 0 saturated heterocycles. The van der Waals surface area contributed by atoms with Crippen molar-refractivity contribution in [2.75, 3.05) is 11.5 Å². The van der Waals surface area contributed by atoms with Gasteiger partial charge in [-0.05, 0) is 0 Å². The summed E-state index contributed by atoms with van der Waals surface area (Å²) in [6.07, 6.45) is 8.95. The van der Waals surface area contributed by atoms with Crippen LogP contribution in [0, 0.1) is 0 Å².